The van der Waals surface area contributed by atoms with Crippen molar-refractivity contribution in [3.05, 3.63) is 30.1 Å². The first kappa shape index (κ1) is 14.5. The minimum Gasteiger partial charge on any atom is -0.334 e. The molecule has 2 aliphatic heterocycles. The lowest BCUT2D eigenvalue weighted by Crippen LogP contribution is -2.52. The lowest BCUT2D eigenvalue weighted by molar-refractivity contribution is -0.138. The monoisotopic (exact) mass is 309 g/mol. The molecule has 0 aliphatic carbocycles. The van der Waals surface area contributed by atoms with Gasteiger partial charge in [-0.05, 0) is 24.5 Å². The number of piperidine rings is 1. The summed E-state index contributed by atoms with van der Waals surface area (Å²) in [5, 5.41) is 0. The van der Waals surface area contributed by atoms with Crippen molar-refractivity contribution in [3.8, 4) is 0 Å². The first-order valence-corrected chi connectivity index (χ1v) is 8.97. The van der Waals surface area contributed by atoms with Gasteiger partial charge in [0.05, 0.1) is 6.26 Å². The van der Waals surface area contributed by atoms with Crippen LogP contribution in [0.4, 0.5) is 0 Å². The Morgan fingerprint density at radius 3 is 2.81 bits per heavy atom. The smallest absolute Gasteiger partial charge is 0.223 e. The van der Waals surface area contributed by atoms with Crippen LogP contribution in [0.3, 0.4) is 0 Å². The SMILES string of the molecule is CS(=O)(=O)N1CC[C@H]2[C@@H]1CCC(=O)N2Cc1cccnc1. The van der Waals surface area contributed by atoms with Gasteiger partial charge in [0, 0.05) is 44.0 Å². The normalized spacial score (nSPS) is 26.9. The molecule has 21 heavy (non-hydrogen) atoms. The third-order valence-electron chi connectivity index (χ3n) is 4.34. The summed E-state index contributed by atoms with van der Waals surface area (Å²) < 4.78 is 25.3. The zero-order valence-electron chi connectivity index (χ0n) is 12.0. The summed E-state index contributed by atoms with van der Waals surface area (Å²) in [6.07, 6.45) is 6.44. The topological polar surface area (TPSA) is 70.6 Å². The van der Waals surface area contributed by atoms with Crippen LogP contribution < -0.4 is 0 Å². The molecule has 6 nitrogen and oxygen atoms in total. The first-order valence-electron chi connectivity index (χ1n) is 7.12. The van der Waals surface area contributed by atoms with Crippen molar-refractivity contribution >= 4 is 15.9 Å². The maximum Gasteiger partial charge on any atom is 0.223 e. The maximum absolute atomic E-state index is 12.2. The van der Waals surface area contributed by atoms with Crippen LogP contribution in [-0.4, -0.2) is 53.4 Å². The third-order valence-corrected chi connectivity index (χ3v) is 5.64. The highest BCUT2D eigenvalue weighted by atomic mass is 32.2. The minimum absolute atomic E-state index is 0.0128. The molecule has 0 unspecified atom stereocenters. The molecule has 0 radical (unpaired) electrons. The van der Waals surface area contributed by atoms with Crippen LogP contribution in [0.1, 0.15) is 24.8 Å². The van der Waals surface area contributed by atoms with Gasteiger partial charge in [0.15, 0.2) is 0 Å². The highest BCUT2D eigenvalue weighted by Gasteiger charge is 2.46. The number of sulfonamides is 1. The Morgan fingerprint density at radius 1 is 1.33 bits per heavy atom. The van der Waals surface area contributed by atoms with Crippen LogP contribution in [0.5, 0.6) is 0 Å². The molecule has 2 aliphatic rings. The number of carbonyl (C=O) groups is 1. The molecule has 3 heterocycles. The highest BCUT2D eigenvalue weighted by molar-refractivity contribution is 7.88. The molecule has 3 rings (SSSR count). The van der Waals surface area contributed by atoms with Crippen LogP contribution in [-0.2, 0) is 21.4 Å². The molecular weight excluding hydrogens is 290 g/mol. The number of aromatic nitrogens is 1. The number of amides is 1. The van der Waals surface area contributed by atoms with Crippen LogP contribution in [0, 0.1) is 0 Å². The van der Waals surface area contributed by atoms with E-state index < -0.39 is 10.0 Å². The zero-order chi connectivity index (χ0) is 15.0. The predicted octanol–water partition coefficient (Wildman–Crippen LogP) is 0.606. The molecule has 114 valence electrons. The number of likely N-dealkylation sites (tertiary alicyclic amines) is 1. The van der Waals surface area contributed by atoms with Crippen LogP contribution in [0.25, 0.3) is 0 Å². The Hall–Kier alpha value is -1.47. The average molecular weight is 309 g/mol. The van der Waals surface area contributed by atoms with Gasteiger partial charge in [0.1, 0.15) is 0 Å². The Labute approximate surface area is 124 Å². The second-order valence-corrected chi connectivity index (χ2v) is 7.65. The van der Waals surface area contributed by atoms with E-state index in [1.54, 1.807) is 16.7 Å². The van der Waals surface area contributed by atoms with E-state index in [-0.39, 0.29) is 18.0 Å². The lowest BCUT2D eigenvalue weighted by Gasteiger charge is -2.39. The van der Waals surface area contributed by atoms with Gasteiger partial charge in [-0.3, -0.25) is 9.78 Å². The van der Waals surface area contributed by atoms with Crippen molar-refractivity contribution < 1.29 is 13.2 Å². The lowest BCUT2D eigenvalue weighted by atomic mass is 9.96. The van der Waals surface area contributed by atoms with Crippen LogP contribution in [0.15, 0.2) is 24.5 Å². The summed E-state index contributed by atoms with van der Waals surface area (Å²) in [5.41, 5.74) is 0.976. The summed E-state index contributed by atoms with van der Waals surface area (Å²) in [6.45, 7) is 1.01. The first-order chi connectivity index (χ1) is 9.97. The molecule has 1 aromatic heterocycles. The van der Waals surface area contributed by atoms with Gasteiger partial charge in [-0.15, -0.1) is 0 Å². The van der Waals surface area contributed by atoms with Gasteiger partial charge in [-0.25, -0.2) is 8.42 Å². The van der Waals surface area contributed by atoms with E-state index in [1.807, 2.05) is 17.0 Å². The highest BCUT2D eigenvalue weighted by Crippen LogP contribution is 2.33. The van der Waals surface area contributed by atoms with Crippen LogP contribution in [0.2, 0.25) is 0 Å². The molecule has 0 aromatic carbocycles. The van der Waals surface area contributed by atoms with E-state index in [0.717, 1.165) is 5.56 Å². The van der Waals surface area contributed by atoms with E-state index in [1.165, 1.54) is 6.26 Å². The second-order valence-electron chi connectivity index (χ2n) is 5.72. The fourth-order valence-electron chi connectivity index (χ4n) is 3.42. The van der Waals surface area contributed by atoms with E-state index in [4.69, 9.17) is 0 Å². The van der Waals surface area contributed by atoms with Crippen molar-refractivity contribution in [2.24, 2.45) is 0 Å². The number of fused-ring (bicyclic) bond motifs is 1. The number of hydrogen-bond donors (Lipinski definition) is 0. The Kier molecular flexibility index (Phi) is 3.71. The molecule has 0 bridgehead atoms. The number of pyridine rings is 1. The Balaban J connectivity index is 1.82. The van der Waals surface area contributed by atoms with E-state index in [0.29, 0.717) is 32.4 Å². The number of carbonyl (C=O) groups excluding carboxylic acids is 1. The van der Waals surface area contributed by atoms with Gasteiger partial charge < -0.3 is 4.90 Å². The molecular formula is C14H19N3O3S. The van der Waals surface area contributed by atoms with Crippen molar-refractivity contribution in [2.75, 3.05) is 12.8 Å². The number of rotatable bonds is 3. The van der Waals surface area contributed by atoms with Crippen molar-refractivity contribution in [1.29, 1.82) is 0 Å². The van der Waals surface area contributed by atoms with E-state index >= 15 is 0 Å². The molecule has 2 saturated heterocycles. The average Bonchev–Trinajstić information content (AvgIpc) is 2.87. The van der Waals surface area contributed by atoms with Gasteiger partial charge in [0.2, 0.25) is 15.9 Å². The maximum atomic E-state index is 12.2. The molecule has 7 heteroatoms. The van der Waals surface area contributed by atoms with Crippen LogP contribution >= 0.6 is 0 Å². The Bertz CT molecular complexity index is 632. The molecule has 2 fully saturated rings. The number of hydrogen-bond acceptors (Lipinski definition) is 4. The molecule has 1 aromatic rings. The summed E-state index contributed by atoms with van der Waals surface area (Å²) in [5.74, 6) is 0.107. The van der Waals surface area contributed by atoms with Gasteiger partial charge >= 0.3 is 0 Å². The fraction of sp³-hybridized carbons (Fsp3) is 0.571. The van der Waals surface area contributed by atoms with Gasteiger partial charge in [-0.1, -0.05) is 6.07 Å². The molecule has 1 amide bonds. The van der Waals surface area contributed by atoms with Gasteiger partial charge in [-0.2, -0.15) is 4.31 Å². The molecule has 2 atom stereocenters. The predicted molar refractivity (Wildman–Crippen MR) is 77.8 cm³/mol. The quantitative estimate of drug-likeness (QED) is 0.820. The van der Waals surface area contributed by atoms with E-state index in [2.05, 4.69) is 4.98 Å². The summed E-state index contributed by atoms with van der Waals surface area (Å²) in [7, 11) is -3.20. The Morgan fingerprint density at radius 2 is 2.14 bits per heavy atom. The van der Waals surface area contributed by atoms with E-state index in [9.17, 15) is 13.2 Å². The summed E-state index contributed by atoms with van der Waals surface area (Å²) >= 11 is 0. The minimum atomic E-state index is -3.20. The molecule has 0 saturated carbocycles. The number of nitrogens with zero attached hydrogens (tertiary/aromatic N) is 3. The standard InChI is InChI=1S/C14H19N3O3S/c1-21(19,20)17-8-6-12-13(17)4-5-14(18)16(12)10-11-3-2-7-15-9-11/h2-3,7,9,12-13H,4-6,8,10H2,1H3/t12-,13-/m0/s1. The zero-order valence-corrected chi connectivity index (χ0v) is 12.8. The van der Waals surface area contributed by atoms with Crippen molar-refractivity contribution in [3.63, 3.8) is 0 Å². The fourth-order valence-corrected chi connectivity index (χ4v) is 4.59. The van der Waals surface area contributed by atoms with Crippen molar-refractivity contribution in [2.45, 2.75) is 37.9 Å². The van der Waals surface area contributed by atoms with Crippen molar-refractivity contribution in [1.82, 2.24) is 14.2 Å². The summed E-state index contributed by atoms with van der Waals surface area (Å²) in [4.78, 5) is 18.1. The second kappa shape index (κ2) is 5.38. The largest absolute Gasteiger partial charge is 0.334 e. The molecule has 0 N–H and O–H groups in total. The summed E-state index contributed by atoms with van der Waals surface area (Å²) in [6, 6.07) is 3.70. The molecule has 0 spiro atoms. The third kappa shape index (κ3) is 2.80. The van der Waals surface area contributed by atoms with Gasteiger partial charge in [0.25, 0.3) is 0 Å².